The maximum Gasteiger partial charge on any atom is 0.145 e. The number of rotatable bonds is 4. The topological polar surface area (TPSA) is 48.1 Å². The molecule has 0 radical (unpaired) electrons. The van der Waals surface area contributed by atoms with Crippen LogP contribution >= 0.6 is 15.9 Å². The van der Waals surface area contributed by atoms with Gasteiger partial charge in [0.25, 0.3) is 0 Å². The first-order chi connectivity index (χ1) is 8.69. The lowest BCUT2D eigenvalue weighted by Gasteiger charge is -2.11. The Kier molecular flexibility index (Phi) is 4.33. The van der Waals surface area contributed by atoms with E-state index in [4.69, 9.17) is 10.5 Å². The van der Waals surface area contributed by atoms with Crippen molar-refractivity contribution >= 4 is 15.9 Å². The van der Waals surface area contributed by atoms with E-state index in [0.29, 0.717) is 6.54 Å². The van der Waals surface area contributed by atoms with E-state index < -0.39 is 0 Å². The number of halogens is 1. The Morgan fingerprint density at radius 2 is 2.11 bits per heavy atom. The maximum absolute atomic E-state index is 5.83. The molecule has 1 aromatic heterocycles. The second-order valence-electron chi connectivity index (χ2n) is 4.03. The molecule has 2 N–H and O–H groups in total. The molecule has 0 aliphatic heterocycles. The number of hydrogen-bond donors (Lipinski definition) is 1. The number of nitrogens with zero attached hydrogens (tertiary/aromatic N) is 1. The first-order valence-corrected chi connectivity index (χ1v) is 6.57. The van der Waals surface area contributed by atoms with Gasteiger partial charge in [-0.25, -0.2) is 0 Å². The lowest BCUT2D eigenvalue weighted by atomic mass is 10.1. The predicted octanol–water partition coefficient (Wildman–Crippen LogP) is 3.45. The Labute approximate surface area is 115 Å². The summed E-state index contributed by atoms with van der Waals surface area (Å²) < 4.78 is 6.86. The summed E-state index contributed by atoms with van der Waals surface area (Å²) in [7, 11) is 0. The minimum absolute atomic E-state index is 0.596. The standard InChI is InChI=1S/C14H15BrN2O/c1-10-2-4-13(9-17-10)18-14-5-3-12(15)8-11(14)6-7-16/h2-5,8-9H,6-7,16H2,1H3. The molecule has 0 bridgehead atoms. The highest BCUT2D eigenvalue weighted by Gasteiger charge is 2.05. The molecule has 0 aliphatic rings. The highest BCUT2D eigenvalue weighted by molar-refractivity contribution is 9.10. The SMILES string of the molecule is Cc1ccc(Oc2ccc(Br)cc2CCN)cn1. The van der Waals surface area contributed by atoms with Gasteiger partial charge in [-0.1, -0.05) is 15.9 Å². The van der Waals surface area contributed by atoms with Crippen molar-refractivity contribution in [1.82, 2.24) is 4.98 Å². The molecule has 0 amide bonds. The molecule has 18 heavy (non-hydrogen) atoms. The van der Waals surface area contributed by atoms with E-state index in [0.717, 1.165) is 33.6 Å². The summed E-state index contributed by atoms with van der Waals surface area (Å²) in [5.74, 6) is 1.57. The summed E-state index contributed by atoms with van der Waals surface area (Å²) in [5.41, 5.74) is 7.67. The van der Waals surface area contributed by atoms with Gasteiger partial charge in [-0.2, -0.15) is 0 Å². The van der Waals surface area contributed by atoms with Crippen molar-refractivity contribution in [3.8, 4) is 11.5 Å². The van der Waals surface area contributed by atoms with Crippen molar-refractivity contribution in [2.24, 2.45) is 5.73 Å². The van der Waals surface area contributed by atoms with Crippen LogP contribution in [0.25, 0.3) is 0 Å². The number of hydrogen-bond acceptors (Lipinski definition) is 3. The van der Waals surface area contributed by atoms with Gasteiger partial charge in [0.2, 0.25) is 0 Å². The highest BCUT2D eigenvalue weighted by atomic mass is 79.9. The molecule has 0 saturated carbocycles. The molecule has 2 aromatic rings. The second-order valence-corrected chi connectivity index (χ2v) is 4.94. The average Bonchev–Trinajstić information content (AvgIpc) is 2.36. The first-order valence-electron chi connectivity index (χ1n) is 5.78. The van der Waals surface area contributed by atoms with Crippen LogP contribution in [-0.4, -0.2) is 11.5 Å². The maximum atomic E-state index is 5.83. The zero-order valence-electron chi connectivity index (χ0n) is 10.2. The van der Waals surface area contributed by atoms with Gasteiger partial charge in [0.05, 0.1) is 6.20 Å². The summed E-state index contributed by atoms with van der Waals surface area (Å²) in [4.78, 5) is 4.21. The van der Waals surface area contributed by atoms with E-state index in [9.17, 15) is 0 Å². The smallest absolute Gasteiger partial charge is 0.145 e. The van der Waals surface area contributed by atoms with Crippen LogP contribution in [0.15, 0.2) is 41.0 Å². The Morgan fingerprint density at radius 3 is 2.78 bits per heavy atom. The summed E-state index contributed by atoms with van der Waals surface area (Å²) in [6, 6.07) is 9.77. The van der Waals surface area contributed by atoms with Crippen molar-refractivity contribution in [3.63, 3.8) is 0 Å². The summed E-state index contributed by atoms with van der Waals surface area (Å²) in [6.45, 7) is 2.54. The summed E-state index contributed by atoms with van der Waals surface area (Å²) in [5, 5.41) is 0. The Hall–Kier alpha value is -1.39. The molecule has 4 heteroatoms. The fourth-order valence-electron chi connectivity index (χ4n) is 1.64. The fraction of sp³-hybridized carbons (Fsp3) is 0.214. The molecule has 0 fully saturated rings. The molecule has 0 unspecified atom stereocenters. The Morgan fingerprint density at radius 1 is 1.28 bits per heavy atom. The van der Waals surface area contributed by atoms with Gasteiger partial charge >= 0.3 is 0 Å². The van der Waals surface area contributed by atoms with E-state index in [1.54, 1.807) is 6.20 Å². The van der Waals surface area contributed by atoms with Crippen LogP contribution < -0.4 is 10.5 Å². The molecule has 0 atom stereocenters. The van der Waals surface area contributed by atoms with Crippen LogP contribution in [0, 0.1) is 6.92 Å². The Bertz CT molecular complexity index is 526. The van der Waals surface area contributed by atoms with E-state index in [-0.39, 0.29) is 0 Å². The van der Waals surface area contributed by atoms with Gasteiger partial charge in [0.15, 0.2) is 0 Å². The number of ether oxygens (including phenoxy) is 1. The number of benzene rings is 1. The van der Waals surface area contributed by atoms with Gasteiger partial charge in [-0.05, 0) is 55.8 Å². The van der Waals surface area contributed by atoms with E-state index in [2.05, 4.69) is 20.9 Å². The molecule has 94 valence electrons. The number of nitrogens with two attached hydrogens (primary N) is 1. The minimum atomic E-state index is 0.596. The molecule has 0 aliphatic carbocycles. The normalized spacial score (nSPS) is 10.4. The van der Waals surface area contributed by atoms with Crippen molar-refractivity contribution in [2.45, 2.75) is 13.3 Å². The fourth-order valence-corrected chi connectivity index (χ4v) is 2.05. The van der Waals surface area contributed by atoms with Gasteiger partial charge < -0.3 is 10.5 Å². The van der Waals surface area contributed by atoms with Crippen LogP contribution in [-0.2, 0) is 6.42 Å². The highest BCUT2D eigenvalue weighted by Crippen LogP contribution is 2.28. The molecule has 1 aromatic carbocycles. The summed E-state index contributed by atoms with van der Waals surface area (Å²) >= 11 is 3.45. The van der Waals surface area contributed by atoms with Crippen molar-refractivity contribution < 1.29 is 4.74 Å². The van der Waals surface area contributed by atoms with Crippen molar-refractivity contribution in [1.29, 1.82) is 0 Å². The number of aryl methyl sites for hydroxylation is 1. The molecule has 0 spiro atoms. The lowest BCUT2D eigenvalue weighted by molar-refractivity contribution is 0.473. The van der Waals surface area contributed by atoms with E-state index in [1.807, 2.05) is 37.3 Å². The number of aromatic nitrogens is 1. The van der Waals surface area contributed by atoms with E-state index >= 15 is 0 Å². The third-order valence-corrected chi connectivity index (χ3v) is 3.04. The second kappa shape index (κ2) is 5.98. The quantitative estimate of drug-likeness (QED) is 0.941. The summed E-state index contributed by atoms with van der Waals surface area (Å²) in [6.07, 6.45) is 2.51. The monoisotopic (exact) mass is 306 g/mol. The zero-order valence-corrected chi connectivity index (χ0v) is 11.8. The van der Waals surface area contributed by atoms with Crippen LogP contribution in [0.3, 0.4) is 0 Å². The Balaban J connectivity index is 2.25. The largest absolute Gasteiger partial charge is 0.455 e. The van der Waals surface area contributed by atoms with Crippen molar-refractivity contribution in [3.05, 3.63) is 52.3 Å². The van der Waals surface area contributed by atoms with Gasteiger partial charge in [0.1, 0.15) is 11.5 Å². The molecule has 2 rings (SSSR count). The number of pyridine rings is 1. The van der Waals surface area contributed by atoms with Crippen LogP contribution in [0.1, 0.15) is 11.3 Å². The average molecular weight is 307 g/mol. The lowest BCUT2D eigenvalue weighted by Crippen LogP contribution is -2.04. The predicted molar refractivity (Wildman–Crippen MR) is 75.9 cm³/mol. The molecular formula is C14H15BrN2O. The van der Waals surface area contributed by atoms with Crippen LogP contribution in [0.2, 0.25) is 0 Å². The first kappa shape index (κ1) is 13.1. The third-order valence-electron chi connectivity index (χ3n) is 2.55. The third kappa shape index (κ3) is 3.31. The van der Waals surface area contributed by atoms with Gasteiger partial charge in [-0.3, -0.25) is 4.98 Å². The molecule has 0 saturated heterocycles. The molecule has 1 heterocycles. The van der Waals surface area contributed by atoms with Gasteiger partial charge in [-0.15, -0.1) is 0 Å². The molecular weight excluding hydrogens is 292 g/mol. The molecule has 3 nitrogen and oxygen atoms in total. The van der Waals surface area contributed by atoms with E-state index in [1.165, 1.54) is 0 Å². The van der Waals surface area contributed by atoms with Crippen LogP contribution in [0.4, 0.5) is 0 Å². The van der Waals surface area contributed by atoms with Crippen molar-refractivity contribution in [2.75, 3.05) is 6.54 Å². The van der Waals surface area contributed by atoms with Gasteiger partial charge in [0, 0.05) is 10.2 Å². The zero-order chi connectivity index (χ0) is 13.0. The minimum Gasteiger partial charge on any atom is -0.455 e. The van der Waals surface area contributed by atoms with Crippen LogP contribution in [0.5, 0.6) is 11.5 Å².